The van der Waals surface area contributed by atoms with E-state index in [4.69, 9.17) is 0 Å². The van der Waals surface area contributed by atoms with Crippen molar-refractivity contribution in [2.24, 2.45) is 4.99 Å². The third-order valence-electron chi connectivity index (χ3n) is 3.92. The van der Waals surface area contributed by atoms with Gasteiger partial charge in [-0.1, -0.05) is 0 Å². The number of hydrogen-bond acceptors (Lipinski definition) is 4. The number of carbonyl (C=O) groups excluding carboxylic acids is 2. The van der Waals surface area contributed by atoms with Crippen molar-refractivity contribution in [1.29, 1.82) is 0 Å². The second-order valence-corrected chi connectivity index (χ2v) is 7.43. The topological polar surface area (TPSA) is 73.8 Å². The van der Waals surface area contributed by atoms with Gasteiger partial charge in [0, 0.05) is 55.2 Å². The molecule has 1 unspecified atom stereocenters. The highest BCUT2D eigenvalue weighted by Crippen LogP contribution is 2.16. The number of nitrogens with one attached hydrogen (secondary N) is 2. The highest BCUT2D eigenvalue weighted by atomic mass is 32.1. The molecule has 132 valence electrons. The van der Waals surface area contributed by atoms with Crippen molar-refractivity contribution in [3.8, 4) is 0 Å². The molecule has 0 aliphatic carbocycles. The Labute approximate surface area is 147 Å². The molecule has 1 aliphatic heterocycles. The number of piperidine rings is 1. The monoisotopic (exact) mass is 350 g/mol. The van der Waals surface area contributed by atoms with E-state index < -0.39 is 0 Å². The van der Waals surface area contributed by atoms with E-state index in [-0.39, 0.29) is 17.9 Å². The molecule has 0 aromatic carbocycles. The predicted octanol–water partition coefficient (Wildman–Crippen LogP) is 1.69. The van der Waals surface area contributed by atoms with Crippen LogP contribution in [0.25, 0.3) is 0 Å². The van der Waals surface area contributed by atoms with Crippen molar-refractivity contribution in [3.05, 3.63) is 21.9 Å². The normalized spacial score (nSPS) is 17.1. The van der Waals surface area contributed by atoms with Crippen LogP contribution < -0.4 is 10.6 Å². The summed E-state index contributed by atoms with van der Waals surface area (Å²) in [5, 5.41) is 6.52. The van der Waals surface area contributed by atoms with Gasteiger partial charge in [0.1, 0.15) is 0 Å². The zero-order chi connectivity index (χ0) is 17.5. The molecular formula is C17H26N4O2S. The van der Waals surface area contributed by atoms with Gasteiger partial charge in [0.15, 0.2) is 5.96 Å². The number of carbonyl (C=O) groups is 2. The summed E-state index contributed by atoms with van der Waals surface area (Å²) in [6.07, 6.45) is 2.54. The Hall–Kier alpha value is -1.89. The quantitative estimate of drug-likeness (QED) is 0.465. The number of amides is 2. The lowest BCUT2D eigenvalue weighted by Crippen LogP contribution is -2.48. The first kappa shape index (κ1) is 18.4. The Morgan fingerprint density at radius 1 is 1.33 bits per heavy atom. The summed E-state index contributed by atoms with van der Waals surface area (Å²) in [6, 6.07) is 4.53. The number of hydrogen-bond donors (Lipinski definition) is 2. The number of nitrogens with zero attached hydrogens (tertiary/aromatic N) is 2. The third-order valence-corrected chi connectivity index (χ3v) is 4.94. The lowest BCUT2D eigenvalue weighted by molar-refractivity contribution is -0.147. The Balaban J connectivity index is 1.75. The zero-order valence-electron chi connectivity index (χ0n) is 14.6. The maximum absolute atomic E-state index is 11.8. The number of aryl methyl sites for hydroxylation is 1. The number of aliphatic imine (C=N–C) groups is 1. The minimum Gasteiger partial charge on any atom is -0.355 e. The highest BCUT2D eigenvalue weighted by Gasteiger charge is 2.25. The van der Waals surface area contributed by atoms with Gasteiger partial charge in [-0.2, -0.15) is 0 Å². The van der Waals surface area contributed by atoms with E-state index in [1.807, 2.05) is 0 Å². The molecule has 0 bridgehead atoms. The first-order valence-corrected chi connectivity index (χ1v) is 9.17. The standard InChI is InChI=1S/C17H26N4O2S/c1-12(11-14-8-7-13(2)24-14)20-17(18-3)19-9-10-21-15(22)5-4-6-16(21)23/h7-8,12H,4-6,9-11H2,1-3H3,(H2,18,19,20). The summed E-state index contributed by atoms with van der Waals surface area (Å²) in [6.45, 7) is 5.11. The maximum Gasteiger partial charge on any atom is 0.229 e. The van der Waals surface area contributed by atoms with Gasteiger partial charge < -0.3 is 10.6 Å². The molecule has 0 spiro atoms. The van der Waals surface area contributed by atoms with Gasteiger partial charge in [-0.15, -0.1) is 11.3 Å². The van der Waals surface area contributed by atoms with Crippen molar-refractivity contribution >= 4 is 29.1 Å². The SMILES string of the molecule is CN=C(NCCN1C(=O)CCCC1=O)NC(C)Cc1ccc(C)s1. The third kappa shape index (κ3) is 5.33. The Morgan fingerprint density at radius 2 is 2.04 bits per heavy atom. The molecule has 1 fully saturated rings. The van der Waals surface area contributed by atoms with Gasteiger partial charge >= 0.3 is 0 Å². The lowest BCUT2D eigenvalue weighted by Gasteiger charge is -2.25. The molecule has 2 N–H and O–H groups in total. The summed E-state index contributed by atoms with van der Waals surface area (Å²) < 4.78 is 0. The number of guanidine groups is 1. The molecule has 0 radical (unpaired) electrons. The average molecular weight is 350 g/mol. The molecule has 7 heteroatoms. The average Bonchev–Trinajstić information content (AvgIpc) is 2.94. The van der Waals surface area contributed by atoms with Crippen molar-refractivity contribution in [1.82, 2.24) is 15.5 Å². The first-order valence-electron chi connectivity index (χ1n) is 8.35. The minimum atomic E-state index is -0.0718. The van der Waals surface area contributed by atoms with E-state index in [9.17, 15) is 9.59 Å². The Morgan fingerprint density at radius 3 is 2.62 bits per heavy atom. The molecule has 2 amide bonds. The summed E-state index contributed by atoms with van der Waals surface area (Å²) in [5.74, 6) is 0.544. The van der Waals surface area contributed by atoms with E-state index in [1.165, 1.54) is 14.7 Å². The fraction of sp³-hybridized carbons (Fsp3) is 0.588. The van der Waals surface area contributed by atoms with E-state index >= 15 is 0 Å². The summed E-state index contributed by atoms with van der Waals surface area (Å²) >= 11 is 1.81. The first-order chi connectivity index (χ1) is 11.5. The summed E-state index contributed by atoms with van der Waals surface area (Å²) in [4.78, 5) is 31.7. The summed E-state index contributed by atoms with van der Waals surface area (Å²) in [5.41, 5.74) is 0. The van der Waals surface area contributed by atoms with Crippen molar-refractivity contribution in [3.63, 3.8) is 0 Å². The molecule has 2 heterocycles. The second-order valence-electron chi connectivity index (χ2n) is 6.05. The fourth-order valence-corrected chi connectivity index (χ4v) is 3.73. The molecule has 1 aromatic rings. The number of likely N-dealkylation sites (tertiary alicyclic amines) is 1. The van der Waals surface area contributed by atoms with Crippen LogP contribution in [0.2, 0.25) is 0 Å². The van der Waals surface area contributed by atoms with Crippen LogP contribution in [0.4, 0.5) is 0 Å². The maximum atomic E-state index is 11.8. The van der Waals surface area contributed by atoms with E-state index in [2.05, 4.69) is 41.6 Å². The van der Waals surface area contributed by atoms with Crippen LogP contribution in [0, 0.1) is 6.92 Å². The van der Waals surface area contributed by atoms with E-state index in [0.29, 0.717) is 38.3 Å². The van der Waals surface area contributed by atoms with Crippen molar-refractivity contribution in [2.75, 3.05) is 20.1 Å². The second kappa shape index (κ2) is 8.82. The van der Waals surface area contributed by atoms with Crippen LogP contribution in [-0.2, 0) is 16.0 Å². The lowest BCUT2D eigenvalue weighted by atomic mass is 10.1. The van der Waals surface area contributed by atoms with Crippen LogP contribution >= 0.6 is 11.3 Å². The Kier molecular flexibility index (Phi) is 6.78. The number of thiophene rings is 1. The van der Waals surface area contributed by atoms with Gasteiger partial charge in [0.05, 0.1) is 0 Å². The van der Waals surface area contributed by atoms with Gasteiger partial charge in [-0.25, -0.2) is 0 Å². The van der Waals surface area contributed by atoms with Crippen LogP contribution in [0.15, 0.2) is 17.1 Å². The number of imide groups is 1. The van der Waals surface area contributed by atoms with Gasteiger partial charge in [-0.3, -0.25) is 19.5 Å². The van der Waals surface area contributed by atoms with Gasteiger partial charge in [0.2, 0.25) is 11.8 Å². The molecular weight excluding hydrogens is 324 g/mol. The fourth-order valence-electron chi connectivity index (χ4n) is 2.71. The van der Waals surface area contributed by atoms with Crippen molar-refractivity contribution in [2.45, 2.75) is 45.6 Å². The highest BCUT2D eigenvalue weighted by molar-refractivity contribution is 7.11. The zero-order valence-corrected chi connectivity index (χ0v) is 15.4. The molecule has 6 nitrogen and oxygen atoms in total. The molecule has 0 saturated carbocycles. The molecule has 24 heavy (non-hydrogen) atoms. The smallest absolute Gasteiger partial charge is 0.229 e. The van der Waals surface area contributed by atoms with Crippen LogP contribution in [-0.4, -0.2) is 48.9 Å². The van der Waals surface area contributed by atoms with Crippen LogP contribution in [0.5, 0.6) is 0 Å². The van der Waals surface area contributed by atoms with Gasteiger partial charge in [-0.05, 0) is 32.4 Å². The van der Waals surface area contributed by atoms with Crippen LogP contribution in [0.3, 0.4) is 0 Å². The van der Waals surface area contributed by atoms with Crippen LogP contribution in [0.1, 0.15) is 35.9 Å². The molecule has 2 rings (SSSR count). The Bertz CT molecular complexity index is 595. The molecule has 1 saturated heterocycles. The van der Waals surface area contributed by atoms with E-state index in [1.54, 1.807) is 18.4 Å². The minimum absolute atomic E-state index is 0.0718. The van der Waals surface area contributed by atoms with Gasteiger partial charge in [0.25, 0.3) is 0 Å². The molecule has 1 aromatic heterocycles. The summed E-state index contributed by atoms with van der Waals surface area (Å²) in [7, 11) is 1.72. The largest absolute Gasteiger partial charge is 0.355 e. The molecule has 1 aliphatic rings. The number of rotatable bonds is 6. The van der Waals surface area contributed by atoms with E-state index in [0.717, 1.165) is 6.42 Å². The predicted molar refractivity (Wildman–Crippen MR) is 97.3 cm³/mol. The van der Waals surface area contributed by atoms with Crippen molar-refractivity contribution < 1.29 is 9.59 Å². The molecule has 1 atom stereocenters.